The van der Waals surface area contributed by atoms with Crippen molar-refractivity contribution >= 4 is 17.6 Å². The van der Waals surface area contributed by atoms with Crippen LogP contribution >= 0.6 is 0 Å². The minimum Gasteiger partial charge on any atom is -0.377 e. The normalized spacial score (nSPS) is 13.9. The highest BCUT2D eigenvalue weighted by molar-refractivity contribution is 6.12. The molecule has 0 saturated carbocycles. The van der Waals surface area contributed by atoms with Crippen LogP contribution in [0.4, 0.5) is 0 Å². The smallest absolute Gasteiger partial charge is 0.253 e. The number of azide groups is 2. The zero-order chi connectivity index (χ0) is 21.3. The molecule has 29 heavy (non-hydrogen) atoms. The summed E-state index contributed by atoms with van der Waals surface area (Å²) < 4.78 is 10.6. The van der Waals surface area contributed by atoms with E-state index < -0.39 is 0 Å². The lowest BCUT2D eigenvalue weighted by molar-refractivity contribution is -0.138. The van der Waals surface area contributed by atoms with E-state index in [9.17, 15) is 14.4 Å². The molecule has 0 unspecified atom stereocenters. The van der Waals surface area contributed by atoms with E-state index in [0.717, 1.165) is 4.90 Å². The molecule has 1 rings (SSSR count). The average molecular weight is 407 g/mol. The summed E-state index contributed by atoms with van der Waals surface area (Å²) in [7, 11) is 0. The molecule has 0 atom stereocenters. The first-order valence-electron chi connectivity index (χ1n) is 9.31. The van der Waals surface area contributed by atoms with Gasteiger partial charge < -0.3 is 9.47 Å². The summed E-state index contributed by atoms with van der Waals surface area (Å²) in [6.07, 6.45) is 4.62. The largest absolute Gasteiger partial charge is 0.377 e. The number of imide groups is 1. The first-order valence-corrected chi connectivity index (χ1v) is 9.31. The van der Waals surface area contributed by atoms with Gasteiger partial charge in [0.1, 0.15) is 6.61 Å². The van der Waals surface area contributed by atoms with Gasteiger partial charge in [0, 0.05) is 41.5 Å². The van der Waals surface area contributed by atoms with E-state index in [1.165, 1.54) is 12.2 Å². The van der Waals surface area contributed by atoms with E-state index in [2.05, 4.69) is 20.1 Å². The van der Waals surface area contributed by atoms with Gasteiger partial charge in [-0.25, -0.2) is 0 Å². The molecule has 0 spiro atoms. The molecule has 2 amide bonds. The van der Waals surface area contributed by atoms with Gasteiger partial charge >= 0.3 is 0 Å². The third kappa shape index (κ3) is 10.9. The lowest BCUT2D eigenvalue weighted by Gasteiger charge is -2.14. The zero-order valence-electron chi connectivity index (χ0n) is 16.2. The molecule has 0 bridgehead atoms. The SMILES string of the molecule is [N-]=[N+]=NCCC(CCN=[N+]=[N-])CCC(=O)COCCOCCN1C(=O)C=CC1=O. The lowest BCUT2D eigenvalue weighted by Crippen LogP contribution is -2.33. The van der Waals surface area contributed by atoms with Gasteiger partial charge in [-0.3, -0.25) is 19.3 Å². The second-order valence-corrected chi connectivity index (χ2v) is 6.26. The van der Waals surface area contributed by atoms with Crippen molar-refractivity contribution in [2.75, 3.05) is 46.1 Å². The molecule has 1 aliphatic heterocycles. The molecular formula is C17H25N7O5. The maximum absolute atomic E-state index is 11.9. The Kier molecular flexibility index (Phi) is 12.5. The molecule has 12 heteroatoms. The Morgan fingerprint density at radius 3 is 2.14 bits per heavy atom. The Labute approximate surface area is 168 Å². The highest BCUT2D eigenvalue weighted by atomic mass is 16.5. The van der Waals surface area contributed by atoms with Crippen molar-refractivity contribution in [2.45, 2.75) is 25.7 Å². The number of rotatable bonds is 17. The molecule has 1 aliphatic rings. The molecule has 0 N–H and O–H groups in total. The van der Waals surface area contributed by atoms with Crippen molar-refractivity contribution in [3.63, 3.8) is 0 Å². The summed E-state index contributed by atoms with van der Waals surface area (Å²) >= 11 is 0. The van der Waals surface area contributed by atoms with Gasteiger partial charge in [-0.05, 0) is 36.2 Å². The van der Waals surface area contributed by atoms with E-state index >= 15 is 0 Å². The maximum atomic E-state index is 11.9. The second kappa shape index (κ2) is 15.1. The van der Waals surface area contributed by atoms with Gasteiger partial charge in [-0.15, -0.1) is 0 Å². The number of Topliss-reactive ketones (excluding diaryl/α,β-unsaturated/α-hetero) is 1. The predicted octanol–water partition coefficient (Wildman–Crippen LogP) is 2.31. The fourth-order valence-corrected chi connectivity index (χ4v) is 2.65. The highest BCUT2D eigenvalue weighted by Gasteiger charge is 2.22. The number of amides is 2. The van der Waals surface area contributed by atoms with Crippen LogP contribution in [0.3, 0.4) is 0 Å². The lowest BCUT2D eigenvalue weighted by atomic mass is 9.95. The first-order chi connectivity index (χ1) is 14.1. The maximum Gasteiger partial charge on any atom is 0.253 e. The van der Waals surface area contributed by atoms with Crippen LogP contribution < -0.4 is 0 Å². The summed E-state index contributed by atoms with van der Waals surface area (Å²) in [6.45, 7) is 1.50. The summed E-state index contributed by atoms with van der Waals surface area (Å²) in [5, 5.41) is 6.99. The third-order valence-electron chi connectivity index (χ3n) is 4.23. The second-order valence-electron chi connectivity index (χ2n) is 6.26. The van der Waals surface area contributed by atoms with Crippen molar-refractivity contribution in [2.24, 2.45) is 16.1 Å². The number of nitrogens with zero attached hydrogens (tertiary/aromatic N) is 7. The summed E-state index contributed by atoms with van der Waals surface area (Å²) in [4.78, 5) is 41.1. The Morgan fingerprint density at radius 2 is 1.55 bits per heavy atom. The predicted molar refractivity (Wildman–Crippen MR) is 102 cm³/mol. The Bertz CT molecular complexity index is 644. The monoisotopic (exact) mass is 407 g/mol. The highest BCUT2D eigenvalue weighted by Crippen LogP contribution is 2.16. The third-order valence-corrected chi connectivity index (χ3v) is 4.23. The summed E-state index contributed by atoms with van der Waals surface area (Å²) in [5.41, 5.74) is 16.7. The summed E-state index contributed by atoms with van der Waals surface area (Å²) in [6, 6.07) is 0. The molecule has 0 fully saturated rings. The molecule has 0 radical (unpaired) electrons. The Hall–Kier alpha value is -2.91. The number of hydrogen-bond acceptors (Lipinski definition) is 7. The van der Waals surface area contributed by atoms with Crippen LogP contribution in [0.5, 0.6) is 0 Å². The van der Waals surface area contributed by atoms with Crippen LogP contribution in [0.1, 0.15) is 25.7 Å². The van der Waals surface area contributed by atoms with Crippen molar-refractivity contribution in [1.29, 1.82) is 0 Å². The van der Waals surface area contributed by atoms with Crippen LogP contribution in [0.2, 0.25) is 0 Å². The van der Waals surface area contributed by atoms with Crippen molar-refractivity contribution in [1.82, 2.24) is 4.90 Å². The number of ketones is 1. The fraction of sp³-hybridized carbons (Fsp3) is 0.706. The van der Waals surface area contributed by atoms with E-state index in [4.69, 9.17) is 20.5 Å². The number of carbonyl (C=O) groups is 3. The van der Waals surface area contributed by atoms with Crippen LogP contribution in [0.15, 0.2) is 22.4 Å². The quantitative estimate of drug-likeness (QED) is 0.118. The molecular weight excluding hydrogens is 382 g/mol. The molecule has 1 heterocycles. The molecule has 12 nitrogen and oxygen atoms in total. The fourth-order valence-electron chi connectivity index (χ4n) is 2.65. The van der Waals surface area contributed by atoms with Gasteiger partial charge in [-0.1, -0.05) is 10.2 Å². The zero-order valence-corrected chi connectivity index (χ0v) is 16.2. The minimum atomic E-state index is -0.349. The van der Waals surface area contributed by atoms with Crippen molar-refractivity contribution in [3.8, 4) is 0 Å². The first kappa shape index (κ1) is 24.1. The molecule has 0 aromatic rings. The summed E-state index contributed by atoms with van der Waals surface area (Å²) in [5.74, 6) is -0.624. The van der Waals surface area contributed by atoms with Crippen molar-refractivity contribution < 1.29 is 23.9 Å². The standard InChI is InChI=1S/C17H25N7O5/c18-22-20-7-5-14(6-8-21-23-19)1-2-15(25)13-29-12-11-28-10-9-24-16(26)3-4-17(24)27/h3-4,14H,1-2,5-13H2. The number of hydrogen-bond donors (Lipinski definition) is 0. The van der Waals surface area contributed by atoms with Crippen molar-refractivity contribution in [3.05, 3.63) is 33.0 Å². The molecule has 0 saturated heterocycles. The average Bonchev–Trinajstić information content (AvgIpc) is 3.03. The van der Waals surface area contributed by atoms with E-state index in [1.807, 2.05) is 0 Å². The van der Waals surface area contributed by atoms with Crippen LogP contribution in [0.25, 0.3) is 20.9 Å². The topological polar surface area (TPSA) is 170 Å². The Balaban J connectivity index is 2.10. The van der Waals surface area contributed by atoms with Gasteiger partial charge in [0.25, 0.3) is 11.8 Å². The van der Waals surface area contributed by atoms with Crippen LogP contribution in [-0.2, 0) is 23.9 Å². The molecule has 0 aromatic heterocycles. The van der Waals surface area contributed by atoms with E-state index in [-0.39, 0.29) is 56.5 Å². The van der Waals surface area contributed by atoms with E-state index in [0.29, 0.717) is 38.8 Å². The minimum absolute atomic E-state index is 0.0320. The van der Waals surface area contributed by atoms with E-state index in [1.54, 1.807) is 0 Å². The van der Waals surface area contributed by atoms with Gasteiger partial charge in [0.2, 0.25) is 0 Å². The molecule has 0 aliphatic carbocycles. The molecule has 158 valence electrons. The number of carbonyl (C=O) groups excluding carboxylic acids is 3. The van der Waals surface area contributed by atoms with Gasteiger partial charge in [0.05, 0.1) is 26.4 Å². The van der Waals surface area contributed by atoms with Crippen LogP contribution in [-0.4, -0.2) is 68.6 Å². The van der Waals surface area contributed by atoms with Crippen LogP contribution in [0, 0.1) is 5.92 Å². The van der Waals surface area contributed by atoms with Gasteiger partial charge in [0.15, 0.2) is 5.78 Å². The number of ether oxygens (including phenoxy) is 2. The Morgan fingerprint density at radius 1 is 0.966 bits per heavy atom. The van der Waals surface area contributed by atoms with Gasteiger partial charge in [-0.2, -0.15) is 0 Å². The molecule has 0 aromatic carbocycles.